The van der Waals surface area contributed by atoms with E-state index in [0.29, 0.717) is 10.6 Å². The molecule has 1 aromatic heterocycles. The second-order valence-corrected chi connectivity index (χ2v) is 7.05. The second kappa shape index (κ2) is 8.41. The zero-order chi connectivity index (χ0) is 21.1. The summed E-state index contributed by atoms with van der Waals surface area (Å²) in [4.78, 5) is 13.0. The largest absolute Gasteiger partial charge is 0.344 e. The number of H-pyrrole nitrogens is 1. The Balaban J connectivity index is 1.99. The van der Waals surface area contributed by atoms with E-state index in [1.807, 2.05) is 0 Å². The first kappa shape index (κ1) is 20.5. The molecule has 0 saturated carbocycles. The highest BCUT2D eigenvalue weighted by atomic mass is 35.5. The van der Waals surface area contributed by atoms with Crippen LogP contribution in [-0.4, -0.2) is 16.1 Å². The molecule has 0 radical (unpaired) electrons. The van der Waals surface area contributed by atoms with E-state index in [4.69, 9.17) is 11.6 Å². The molecule has 0 aliphatic rings. The van der Waals surface area contributed by atoms with E-state index in [1.54, 1.807) is 31.2 Å². The van der Waals surface area contributed by atoms with E-state index in [-0.39, 0.29) is 22.4 Å². The molecule has 2 N–H and O–H groups in total. The van der Waals surface area contributed by atoms with Crippen molar-refractivity contribution in [1.29, 1.82) is 5.26 Å². The predicted octanol–water partition coefficient (Wildman–Crippen LogP) is 4.95. The normalized spacial score (nSPS) is 12.8. The maximum Gasteiger partial charge on any atom is 0.255 e. The first-order valence-corrected chi connectivity index (χ1v) is 9.15. The fraction of sp³-hybridized carbons (Fsp3) is 0.190. The van der Waals surface area contributed by atoms with Gasteiger partial charge in [0.2, 0.25) is 0 Å². The fourth-order valence-electron chi connectivity index (χ4n) is 3.10. The van der Waals surface area contributed by atoms with Gasteiger partial charge in [-0.2, -0.15) is 10.4 Å². The van der Waals surface area contributed by atoms with Gasteiger partial charge in [-0.1, -0.05) is 23.7 Å². The molecular formula is C21H17ClF2N4O. The second-order valence-electron chi connectivity index (χ2n) is 6.61. The van der Waals surface area contributed by atoms with Crippen LogP contribution < -0.4 is 5.32 Å². The molecule has 0 spiro atoms. The van der Waals surface area contributed by atoms with Gasteiger partial charge >= 0.3 is 0 Å². The van der Waals surface area contributed by atoms with Gasteiger partial charge in [0.25, 0.3) is 5.91 Å². The number of carbonyl (C=O) groups is 1. The molecule has 1 heterocycles. The summed E-state index contributed by atoms with van der Waals surface area (Å²) in [6, 6.07) is 10.3. The quantitative estimate of drug-likeness (QED) is 0.619. The Morgan fingerprint density at radius 3 is 2.69 bits per heavy atom. The lowest BCUT2D eigenvalue weighted by molar-refractivity contribution is 0.0930. The number of halogens is 3. The van der Waals surface area contributed by atoms with Gasteiger partial charge in [0.1, 0.15) is 11.6 Å². The van der Waals surface area contributed by atoms with E-state index in [2.05, 4.69) is 21.6 Å². The Labute approximate surface area is 171 Å². The number of nitriles is 1. The van der Waals surface area contributed by atoms with Crippen LogP contribution in [0.25, 0.3) is 11.3 Å². The van der Waals surface area contributed by atoms with E-state index < -0.39 is 29.5 Å². The van der Waals surface area contributed by atoms with Crippen molar-refractivity contribution < 1.29 is 13.6 Å². The van der Waals surface area contributed by atoms with Gasteiger partial charge in [-0.15, -0.1) is 0 Å². The Bertz CT molecular complexity index is 1110. The monoisotopic (exact) mass is 414 g/mol. The third-order valence-electron chi connectivity index (χ3n) is 4.68. The van der Waals surface area contributed by atoms with E-state index in [1.165, 1.54) is 13.1 Å². The molecule has 0 bridgehead atoms. The van der Waals surface area contributed by atoms with Crippen molar-refractivity contribution in [3.05, 3.63) is 75.9 Å². The van der Waals surface area contributed by atoms with Crippen LogP contribution in [0.4, 0.5) is 8.78 Å². The summed E-state index contributed by atoms with van der Waals surface area (Å²) < 4.78 is 28.3. The van der Waals surface area contributed by atoms with Crippen LogP contribution in [0.1, 0.15) is 34.5 Å². The lowest BCUT2D eigenvalue weighted by Crippen LogP contribution is -2.32. The molecule has 0 aliphatic heterocycles. The smallest absolute Gasteiger partial charge is 0.255 e. The molecule has 29 heavy (non-hydrogen) atoms. The molecule has 0 unspecified atom stereocenters. The zero-order valence-electron chi connectivity index (χ0n) is 15.6. The Morgan fingerprint density at radius 1 is 1.28 bits per heavy atom. The van der Waals surface area contributed by atoms with Crippen molar-refractivity contribution in [1.82, 2.24) is 15.5 Å². The number of aromatic amines is 1. The molecular weight excluding hydrogens is 398 g/mol. The number of carbonyl (C=O) groups excluding carboxylic acids is 1. The molecule has 5 nitrogen and oxygen atoms in total. The summed E-state index contributed by atoms with van der Waals surface area (Å²) in [5.74, 6) is -2.43. The topological polar surface area (TPSA) is 81.6 Å². The molecule has 0 aliphatic carbocycles. The summed E-state index contributed by atoms with van der Waals surface area (Å²) in [7, 11) is 0. The Morgan fingerprint density at radius 2 is 2.00 bits per heavy atom. The van der Waals surface area contributed by atoms with Crippen LogP contribution in [0, 0.1) is 35.8 Å². The predicted molar refractivity (Wildman–Crippen MR) is 105 cm³/mol. The highest BCUT2D eigenvalue weighted by Crippen LogP contribution is 2.30. The van der Waals surface area contributed by atoms with Crippen LogP contribution in [0.3, 0.4) is 0 Å². The van der Waals surface area contributed by atoms with Crippen LogP contribution in [0.15, 0.2) is 42.6 Å². The number of aromatic nitrogens is 2. The van der Waals surface area contributed by atoms with Gasteiger partial charge in [0.15, 0.2) is 0 Å². The molecule has 148 valence electrons. The molecule has 1 amide bonds. The highest BCUT2D eigenvalue weighted by molar-refractivity contribution is 6.30. The van der Waals surface area contributed by atoms with Gasteiger partial charge in [-0.3, -0.25) is 9.89 Å². The molecule has 0 fully saturated rings. The minimum Gasteiger partial charge on any atom is -0.344 e. The minimum atomic E-state index is -0.681. The van der Waals surface area contributed by atoms with Crippen LogP contribution in [0.5, 0.6) is 0 Å². The molecule has 2 atom stereocenters. The fourth-order valence-corrected chi connectivity index (χ4v) is 3.30. The SMILES string of the molecule is Cc1c(F)ccc(F)c1-c1[nH]ncc1C(=O)N[C@@H](c1cccc(Cl)c1)[C@@H](C)C#N. The number of hydrogen-bond donors (Lipinski definition) is 2. The maximum absolute atomic E-state index is 14.4. The summed E-state index contributed by atoms with van der Waals surface area (Å²) in [5, 5.41) is 19.0. The lowest BCUT2D eigenvalue weighted by atomic mass is 9.95. The highest BCUT2D eigenvalue weighted by Gasteiger charge is 2.26. The summed E-state index contributed by atoms with van der Waals surface area (Å²) >= 11 is 6.04. The lowest BCUT2D eigenvalue weighted by Gasteiger charge is -2.21. The van der Waals surface area contributed by atoms with E-state index in [9.17, 15) is 18.8 Å². The standard InChI is InChI=1S/C21H17ClF2N4O/c1-11(9-25)19(13-4-3-5-14(22)8-13)27-21(29)15-10-26-28-20(15)18-12(2)16(23)6-7-17(18)24/h3-8,10-11,19H,1-2H3,(H,26,28)(H,27,29)/t11-,19+/m0/s1. The van der Waals surface area contributed by atoms with Crippen LogP contribution in [-0.2, 0) is 0 Å². The molecule has 8 heteroatoms. The van der Waals surface area contributed by atoms with E-state index in [0.717, 1.165) is 12.1 Å². The maximum atomic E-state index is 14.4. The number of rotatable bonds is 5. The molecule has 3 aromatic rings. The van der Waals surface area contributed by atoms with Crippen molar-refractivity contribution >= 4 is 17.5 Å². The average Bonchev–Trinajstić information content (AvgIpc) is 3.18. The van der Waals surface area contributed by atoms with Crippen molar-refractivity contribution in [2.24, 2.45) is 5.92 Å². The van der Waals surface area contributed by atoms with Crippen molar-refractivity contribution in [3.8, 4) is 17.3 Å². The number of benzene rings is 2. The number of nitrogens with one attached hydrogen (secondary N) is 2. The molecule has 3 rings (SSSR count). The van der Waals surface area contributed by atoms with Gasteiger partial charge in [0, 0.05) is 10.6 Å². The van der Waals surface area contributed by atoms with Crippen molar-refractivity contribution in [3.63, 3.8) is 0 Å². The molecule has 0 saturated heterocycles. The molecule has 2 aromatic carbocycles. The first-order valence-electron chi connectivity index (χ1n) is 8.77. The minimum absolute atomic E-state index is 0.0368. The Kier molecular flexibility index (Phi) is 5.95. The van der Waals surface area contributed by atoms with Crippen LogP contribution in [0.2, 0.25) is 5.02 Å². The van der Waals surface area contributed by atoms with Gasteiger partial charge < -0.3 is 5.32 Å². The zero-order valence-corrected chi connectivity index (χ0v) is 16.4. The van der Waals surface area contributed by atoms with Crippen LogP contribution >= 0.6 is 11.6 Å². The first-order chi connectivity index (χ1) is 13.8. The van der Waals surface area contributed by atoms with Gasteiger partial charge in [0.05, 0.1) is 35.5 Å². The Hall–Kier alpha value is -3.24. The summed E-state index contributed by atoms with van der Waals surface area (Å²) in [6.45, 7) is 3.08. The third-order valence-corrected chi connectivity index (χ3v) is 4.92. The number of nitrogens with zero attached hydrogens (tertiary/aromatic N) is 2. The number of amides is 1. The van der Waals surface area contributed by atoms with Crippen molar-refractivity contribution in [2.75, 3.05) is 0 Å². The number of hydrogen-bond acceptors (Lipinski definition) is 3. The summed E-state index contributed by atoms with van der Waals surface area (Å²) in [6.07, 6.45) is 1.24. The summed E-state index contributed by atoms with van der Waals surface area (Å²) in [5.41, 5.74) is 0.736. The van der Waals surface area contributed by atoms with Crippen molar-refractivity contribution in [2.45, 2.75) is 19.9 Å². The third kappa shape index (κ3) is 4.13. The average molecular weight is 415 g/mol. The van der Waals surface area contributed by atoms with E-state index >= 15 is 0 Å². The van der Waals surface area contributed by atoms with Gasteiger partial charge in [-0.05, 0) is 49.2 Å². The van der Waals surface area contributed by atoms with Gasteiger partial charge in [-0.25, -0.2) is 8.78 Å².